The van der Waals surface area contributed by atoms with E-state index in [1.807, 2.05) is 24.4 Å². The first-order valence-electron chi connectivity index (χ1n) is 7.07. The summed E-state index contributed by atoms with van der Waals surface area (Å²) in [5.41, 5.74) is 4.20. The summed E-state index contributed by atoms with van der Waals surface area (Å²) >= 11 is 0. The van der Waals surface area contributed by atoms with Crippen LogP contribution in [0.2, 0.25) is 0 Å². The van der Waals surface area contributed by atoms with E-state index in [0.29, 0.717) is 0 Å². The van der Waals surface area contributed by atoms with Crippen molar-refractivity contribution in [2.75, 3.05) is 0 Å². The highest BCUT2D eigenvalue weighted by Crippen LogP contribution is 2.22. The van der Waals surface area contributed by atoms with E-state index >= 15 is 0 Å². The second-order valence-corrected chi connectivity index (χ2v) is 5.18. The van der Waals surface area contributed by atoms with Gasteiger partial charge in [0.1, 0.15) is 0 Å². The molecule has 0 saturated heterocycles. The maximum Gasteiger partial charge on any atom is 0.0968 e. The SMILES string of the molecule is c1ccc(Cc2cnc3ccc4ccccc4c3n2)cc1. The Hall–Kier alpha value is -2.74. The summed E-state index contributed by atoms with van der Waals surface area (Å²) in [5.74, 6) is 0. The molecule has 0 spiro atoms. The summed E-state index contributed by atoms with van der Waals surface area (Å²) in [5, 5.41) is 2.37. The average molecular weight is 270 g/mol. The summed E-state index contributed by atoms with van der Waals surface area (Å²) in [6.45, 7) is 0. The molecule has 0 aliphatic heterocycles. The van der Waals surface area contributed by atoms with Gasteiger partial charge in [-0.1, -0.05) is 60.7 Å². The van der Waals surface area contributed by atoms with Gasteiger partial charge < -0.3 is 0 Å². The fourth-order valence-electron chi connectivity index (χ4n) is 2.67. The Balaban J connectivity index is 1.86. The fourth-order valence-corrected chi connectivity index (χ4v) is 2.67. The lowest BCUT2D eigenvalue weighted by atomic mass is 10.1. The van der Waals surface area contributed by atoms with Crippen LogP contribution in [0.15, 0.2) is 72.9 Å². The largest absolute Gasteiger partial charge is 0.253 e. The third-order valence-electron chi connectivity index (χ3n) is 3.72. The summed E-state index contributed by atoms with van der Waals surface area (Å²) in [7, 11) is 0. The van der Waals surface area contributed by atoms with E-state index in [-0.39, 0.29) is 0 Å². The first-order chi connectivity index (χ1) is 10.4. The number of fused-ring (bicyclic) bond motifs is 3. The predicted molar refractivity (Wildman–Crippen MR) is 86.3 cm³/mol. The first-order valence-corrected chi connectivity index (χ1v) is 7.07. The van der Waals surface area contributed by atoms with Crippen molar-refractivity contribution in [2.45, 2.75) is 6.42 Å². The molecule has 1 aromatic heterocycles. The molecule has 0 aliphatic rings. The van der Waals surface area contributed by atoms with Crippen LogP contribution in [0.4, 0.5) is 0 Å². The Kier molecular flexibility index (Phi) is 2.86. The zero-order valence-electron chi connectivity index (χ0n) is 11.5. The molecule has 4 aromatic rings. The Morgan fingerprint density at radius 3 is 2.48 bits per heavy atom. The molecule has 0 saturated carbocycles. The maximum absolute atomic E-state index is 4.84. The lowest BCUT2D eigenvalue weighted by Crippen LogP contribution is -1.95. The van der Waals surface area contributed by atoms with Gasteiger partial charge in [-0.05, 0) is 17.0 Å². The Morgan fingerprint density at radius 2 is 1.57 bits per heavy atom. The van der Waals surface area contributed by atoms with Crippen molar-refractivity contribution in [3.05, 3.63) is 84.2 Å². The average Bonchev–Trinajstić information content (AvgIpc) is 2.56. The van der Waals surface area contributed by atoms with E-state index in [9.17, 15) is 0 Å². The van der Waals surface area contributed by atoms with Gasteiger partial charge in [-0.15, -0.1) is 0 Å². The minimum Gasteiger partial charge on any atom is -0.253 e. The van der Waals surface area contributed by atoms with Crippen molar-refractivity contribution >= 4 is 21.8 Å². The molecule has 100 valence electrons. The molecule has 0 aliphatic carbocycles. The van der Waals surface area contributed by atoms with Crippen molar-refractivity contribution in [3.63, 3.8) is 0 Å². The van der Waals surface area contributed by atoms with Gasteiger partial charge in [0.15, 0.2) is 0 Å². The molecule has 0 amide bonds. The number of aromatic nitrogens is 2. The van der Waals surface area contributed by atoms with Crippen molar-refractivity contribution in [2.24, 2.45) is 0 Å². The molecule has 3 aromatic carbocycles. The van der Waals surface area contributed by atoms with E-state index in [4.69, 9.17) is 4.98 Å². The van der Waals surface area contributed by atoms with Gasteiger partial charge in [-0.25, -0.2) is 4.98 Å². The smallest absolute Gasteiger partial charge is 0.0968 e. The van der Waals surface area contributed by atoms with Gasteiger partial charge in [0.05, 0.1) is 16.7 Å². The van der Waals surface area contributed by atoms with Crippen LogP contribution in [-0.2, 0) is 6.42 Å². The Morgan fingerprint density at radius 1 is 0.762 bits per heavy atom. The second kappa shape index (κ2) is 4.98. The normalized spacial score (nSPS) is 11.0. The Bertz CT molecular complexity index is 914. The monoisotopic (exact) mass is 270 g/mol. The van der Waals surface area contributed by atoms with Crippen LogP contribution in [0.3, 0.4) is 0 Å². The zero-order chi connectivity index (χ0) is 14.1. The molecular formula is C19H14N2. The lowest BCUT2D eigenvalue weighted by molar-refractivity contribution is 1.07. The van der Waals surface area contributed by atoms with E-state index in [2.05, 4.69) is 53.5 Å². The van der Waals surface area contributed by atoms with Crippen LogP contribution < -0.4 is 0 Å². The summed E-state index contributed by atoms with van der Waals surface area (Å²) in [4.78, 5) is 9.40. The van der Waals surface area contributed by atoms with Crippen molar-refractivity contribution in [3.8, 4) is 0 Å². The summed E-state index contributed by atoms with van der Waals surface area (Å²) in [6.07, 6.45) is 2.69. The highest BCUT2D eigenvalue weighted by Gasteiger charge is 2.05. The van der Waals surface area contributed by atoms with Gasteiger partial charge in [0, 0.05) is 18.0 Å². The highest BCUT2D eigenvalue weighted by atomic mass is 14.8. The summed E-state index contributed by atoms with van der Waals surface area (Å²) < 4.78 is 0. The third kappa shape index (κ3) is 2.25. The molecule has 2 nitrogen and oxygen atoms in total. The van der Waals surface area contributed by atoms with Crippen molar-refractivity contribution in [1.82, 2.24) is 9.97 Å². The molecule has 1 heterocycles. The van der Waals surface area contributed by atoms with E-state index in [1.165, 1.54) is 10.9 Å². The fraction of sp³-hybridized carbons (Fsp3) is 0.0526. The van der Waals surface area contributed by atoms with Crippen molar-refractivity contribution in [1.29, 1.82) is 0 Å². The highest BCUT2D eigenvalue weighted by molar-refractivity contribution is 6.03. The summed E-state index contributed by atoms with van der Waals surface area (Å²) in [6, 6.07) is 22.8. The number of hydrogen-bond acceptors (Lipinski definition) is 2. The standard InChI is InChI=1S/C19H14N2/c1-2-6-14(7-3-1)12-16-13-20-18-11-10-15-8-4-5-9-17(15)19(18)21-16/h1-11,13H,12H2. The molecular weight excluding hydrogens is 256 g/mol. The van der Waals surface area contributed by atoms with Gasteiger partial charge in [-0.2, -0.15) is 0 Å². The Labute approximate surface area is 123 Å². The van der Waals surface area contributed by atoms with Crippen LogP contribution in [0.1, 0.15) is 11.3 Å². The minimum atomic E-state index is 0.813. The van der Waals surface area contributed by atoms with Crippen LogP contribution in [0.25, 0.3) is 21.8 Å². The lowest BCUT2D eigenvalue weighted by Gasteiger charge is -2.05. The topological polar surface area (TPSA) is 25.8 Å². The van der Waals surface area contributed by atoms with E-state index in [0.717, 1.165) is 28.5 Å². The zero-order valence-corrected chi connectivity index (χ0v) is 11.5. The number of nitrogens with zero attached hydrogens (tertiary/aromatic N) is 2. The van der Waals surface area contributed by atoms with Gasteiger partial charge in [0.25, 0.3) is 0 Å². The molecule has 0 bridgehead atoms. The minimum absolute atomic E-state index is 0.813. The first kappa shape index (κ1) is 12.0. The third-order valence-corrected chi connectivity index (χ3v) is 3.72. The molecule has 0 atom stereocenters. The molecule has 0 radical (unpaired) electrons. The van der Waals surface area contributed by atoms with E-state index < -0.39 is 0 Å². The molecule has 0 unspecified atom stereocenters. The number of hydrogen-bond donors (Lipinski definition) is 0. The van der Waals surface area contributed by atoms with Gasteiger partial charge in [-0.3, -0.25) is 4.98 Å². The number of rotatable bonds is 2. The van der Waals surface area contributed by atoms with E-state index in [1.54, 1.807) is 0 Å². The molecule has 4 rings (SSSR count). The maximum atomic E-state index is 4.84. The van der Waals surface area contributed by atoms with Crippen LogP contribution in [0.5, 0.6) is 0 Å². The van der Waals surface area contributed by atoms with Crippen LogP contribution in [0, 0.1) is 0 Å². The van der Waals surface area contributed by atoms with Gasteiger partial charge >= 0.3 is 0 Å². The second-order valence-electron chi connectivity index (χ2n) is 5.18. The molecule has 0 fully saturated rings. The van der Waals surface area contributed by atoms with Crippen molar-refractivity contribution < 1.29 is 0 Å². The van der Waals surface area contributed by atoms with Gasteiger partial charge in [0.2, 0.25) is 0 Å². The predicted octanol–water partition coefficient (Wildman–Crippen LogP) is 4.37. The van der Waals surface area contributed by atoms with Crippen LogP contribution >= 0.6 is 0 Å². The molecule has 2 heteroatoms. The van der Waals surface area contributed by atoms with Crippen LogP contribution in [-0.4, -0.2) is 9.97 Å². The number of benzene rings is 3. The molecule has 21 heavy (non-hydrogen) atoms. The molecule has 0 N–H and O–H groups in total. The quantitative estimate of drug-likeness (QED) is 0.505.